The van der Waals surface area contributed by atoms with Crippen molar-refractivity contribution >= 4 is 15.8 Å². The topological polar surface area (TPSA) is 80.7 Å². The van der Waals surface area contributed by atoms with Gasteiger partial charge in [-0.25, -0.2) is 8.42 Å². The SMILES string of the molecule is CCS(=O)(=O)[C@@H]1[C@@H](c2ccccc2)[C@@]1(COC)C(=O)O. The lowest BCUT2D eigenvalue weighted by Crippen LogP contribution is -2.29. The van der Waals surface area contributed by atoms with Crippen molar-refractivity contribution in [1.82, 2.24) is 0 Å². The first-order valence-electron chi connectivity index (χ1n) is 6.40. The molecule has 0 aliphatic heterocycles. The first-order chi connectivity index (χ1) is 9.41. The molecule has 1 saturated carbocycles. The lowest BCUT2D eigenvalue weighted by molar-refractivity contribution is -0.145. The van der Waals surface area contributed by atoms with Gasteiger partial charge in [-0.2, -0.15) is 0 Å². The van der Waals surface area contributed by atoms with Crippen LogP contribution < -0.4 is 0 Å². The zero-order valence-corrected chi connectivity index (χ0v) is 12.3. The predicted octanol–water partition coefficient (Wildman–Crippen LogP) is 1.30. The number of methoxy groups -OCH3 is 1. The molecule has 3 atom stereocenters. The highest BCUT2D eigenvalue weighted by Gasteiger charge is 2.75. The third-order valence-electron chi connectivity index (χ3n) is 3.99. The average molecular weight is 298 g/mol. The Labute approximate surface area is 118 Å². The molecule has 0 saturated heterocycles. The molecule has 1 aliphatic carbocycles. The molecule has 0 radical (unpaired) electrons. The Morgan fingerprint density at radius 3 is 2.40 bits per heavy atom. The van der Waals surface area contributed by atoms with Gasteiger partial charge in [0, 0.05) is 18.8 Å². The van der Waals surface area contributed by atoms with Gasteiger partial charge in [-0.05, 0) is 5.56 Å². The monoisotopic (exact) mass is 298 g/mol. The van der Waals surface area contributed by atoms with E-state index in [1.54, 1.807) is 24.3 Å². The molecule has 1 aliphatic rings. The van der Waals surface area contributed by atoms with Crippen LogP contribution in [0.4, 0.5) is 0 Å². The van der Waals surface area contributed by atoms with Gasteiger partial charge in [-0.15, -0.1) is 0 Å². The van der Waals surface area contributed by atoms with Crippen LogP contribution in [-0.2, 0) is 19.4 Å². The fourth-order valence-corrected chi connectivity index (χ4v) is 5.02. The van der Waals surface area contributed by atoms with Crippen LogP contribution in [0.1, 0.15) is 18.4 Å². The molecule has 110 valence electrons. The number of ether oxygens (including phenoxy) is 1. The molecule has 20 heavy (non-hydrogen) atoms. The van der Waals surface area contributed by atoms with Crippen molar-refractivity contribution in [1.29, 1.82) is 0 Å². The molecule has 0 spiro atoms. The maximum absolute atomic E-state index is 12.2. The molecule has 1 fully saturated rings. The second kappa shape index (κ2) is 5.18. The molecule has 0 heterocycles. The van der Waals surface area contributed by atoms with E-state index in [0.717, 1.165) is 5.56 Å². The van der Waals surface area contributed by atoms with E-state index >= 15 is 0 Å². The Morgan fingerprint density at radius 1 is 1.35 bits per heavy atom. The van der Waals surface area contributed by atoms with E-state index in [1.165, 1.54) is 14.0 Å². The number of carboxylic acids is 1. The minimum atomic E-state index is -3.46. The molecule has 1 aromatic carbocycles. The highest BCUT2D eigenvalue weighted by Crippen LogP contribution is 2.63. The van der Waals surface area contributed by atoms with Crippen LogP contribution in [0.15, 0.2) is 30.3 Å². The number of rotatable bonds is 6. The molecule has 5 nitrogen and oxygen atoms in total. The van der Waals surface area contributed by atoms with Gasteiger partial charge in [-0.1, -0.05) is 37.3 Å². The van der Waals surface area contributed by atoms with Gasteiger partial charge < -0.3 is 9.84 Å². The minimum absolute atomic E-state index is 0.0697. The molecular formula is C14H18O5S. The third kappa shape index (κ3) is 2.13. The number of benzene rings is 1. The summed E-state index contributed by atoms with van der Waals surface area (Å²) in [4.78, 5) is 11.7. The van der Waals surface area contributed by atoms with Crippen molar-refractivity contribution in [3.63, 3.8) is 0 Å². The summed E-state index contributed by atoms with van der Waals surface area (Å²) in [6, 6.07) is 8.91. The van der Waals surface area contributed by atoms with E-state index in [4.69, 9.17) is 4.74 Å². The summed E-state index contributed by atoms with van der Waals surface area (Å²) < 4.78 is 29.4. The normalized spacial score (nSPS) is 29.1. The summed E-state index contributed by atoms with van der Waals surface area (Å²) in [6.07, 6.45) is 0. The van der Waals surface area contributed by atoms with Crippen molar-refractivity contribution < 1.29 is 23.1 Å². The van der Waals surface area contributed by atoms with Crippen LogP contribution in [0.3, 0.4) is 0 Å². The second-order valence-electron chi connectivity index (χ2n) is 5.04. The Hall–Kier alpha value is -1.40. The lowest BCUT2D eigenvalue weighted by atomic mass is 10.0. The number of carbonyl (C=O) groups is 1. The van der Waals surface area contributed by atoms with Crippen molar-refractivity contribution in [2.24, 2.45) is 5.41 Å². The molecule has 0 aromatic heterocycles. The van der Waals surface area contributed by atoms with Gasteiger partial charge in [0.15, 0.2) is 9.84 Å². The molecule has 0 bridgehead atoms. The lowest BCUT2D eigenvalue weighted by Gasteiger charge is -2.11. The van der Waals surface area contributed by atoms with Crippen LogP contribution in [-0.4, -0.2) is 44.2 Å². The van der Waals surface area contributed by atoms with Gasteiger partial charge in [0.2, 0.25) is 0 Å². The highest BCUT2D eigenvalue weighted by molar-refractivity contribution is 7.92. The van der Waals surface area contributed by atoms with Gasteiger partial charge in [0.05, 0.1) is 11.9 Å². The largest absolute Gasteiger partial charge is 0.481 e. The number of aliphatic carboxylic acids is 1. The quantitative estimate of drug-likeness (QED) is 0.856. The standard InChI is InChI=1S/C14H18O5S/c1-3-20(17,18)12-11(10-7-5-4-6-8-10)14(12,9-19-2)13(15)16/h4-8,11-12H,3,9H2,1-2H3,(H,15,16)/t11-,12-,14-/m1/s1. The van der Waals surface area contributed by atoms with Crippen molar-refractivity contribution in [3.05, 3.63) is 35.9 Å². The maximum atomic E-state index is 12.2. The smallest absolute Gasteiger partial charge is 0.314 e. The Balaban J connectivity index is 2.51. The fraction of sp³-hybridized carbons (Fsp3) is 0.500. The molecule has 0 unspecified atom stereocenters. The summed E-state index contributed by atoms with van der Waals surface area (Å²) in [5.74, 6) is -1.74. The summed E-state index contributed by atoms with van der Waals surface area (Å²) >= 11 is 0. The summed E-state index contributed by atoms with van der Waals surface area (Å²) in [7, 11) is -2.07. The zero-order chi connectivity index (χ0) is 15.0. The molecule has 0 amide bonds. The van der Waals surface area contributed by atoms with Gasteiger partial charge >= 0.3 is 5.97 Å². The molecule has 6 heteroatoms. The highest BCUT2D eigenvalue weighted by atomic mass is 32.2. The van der Waals surface area contributed by atoms with E-state index in [0.29, 0.717) is 0 Å². The van der Waals surface area contributed by atoms with E-state index in [1.807, 2.05) is 6.07 Å². The number of carboxylic acid groups (broad SMARTS) is 1. The van der Waals surface area contributed by atoms with Crippen LogP contribution in [0.5, 0.6) is 0 Å². The van der Waals surface area contributed by atoms with Gasteiger partial charge in [-0.3, -0.25) is 4.79 Å². The van der Waals surface area contributed by atoms with E-state index in [-0.39, 0.29) is 12.4 Å². The Kier molecular flexibility index (Phi) is 3.88. The molecular weight excluding hydrogens is 280 g/mol. The van der Waals surface area contributed by atoms with Crippen LogP contribution in [0.25, 0.3) is 0 Å². The number of sulfone groups is 1. The number of hydrogen-bond acceptors (Lipinski definition) is 4. The maximum Gasteiger partial charge on any atom is 0.314 e. The van der Waals surface area contributed by atoms with Crippen molar-refractivity contribution in [2.45, 2.75) is 18.1 Å². The average Bonchev–Trinajstić information content (AvgIpc) is 3.11. The molecule has 1 aromatic rings. The van der Waals surface area contributed by atoms with Crippen LogP contribution in [0.2, 0.25) is 0 Å². The van der Waals surface area contributed by atoms with E-state index < -0.39 is 32.4 Å². The third-order valence-corrected chi connectivity index (χ3v) is 6.26. The fourth-order valence-electron chi connectivity index (χ4n) is 2.97. The van der Waals surface area contributed by atoms with Gasteiger partial charge in [0.1, 0.15) is 5.41 Å². The number of hydrogen-bond donors (Lipinski definition) is 1. The summed E-state index contributed by atoms with van der Waals surface area (Å²) in [6.45, 7) is 1.43. The zero-order valence-electron chi connectivity index (χ0n) is 11.4. The molecule has 1 N–H and O–H groups in total. The summed E-state index contributed by atoms with van der Waals surface area (Å²) in [5, 5.41) is 8.63. The van der Waals surface area contributed by atoms with Crippen molar-refractivity contribution in [3.8, 4) is 0 Å². The van der Waals surface area contributed by atoms with Crippen LogP contribution >= 0.6 is 0 Å². The first-order valence-corrected chi connectivity index (χ1v) is 8.12. The Morgan fingerprint density at radius 2 is 1.95 bits per heavy atom. The second-order valence-corrected chi connectivity index (χ2v) is 7.45. The first kappa shape index (κ1) is 15.0. The summed E-state index contributed by atoms with van der Waals surface area (Å²) in [5.41, 5.74) is -0.640. The van der Waals surface area contributed by atoms with E-state index in [2.05, 4.69) is 0 Å². The Bertz CT molecular complexity index is 595. The van der Waals surface area contributed by atoms with Crippen molar-refractivity contribution in [2.75, 3.05) is 19.5 Å². The van der Waals surface area contributed by atoms with E-state index in [9.17, 15) is 18.3 Å². The predicted molar refractivity (Wildman–Crippen MR) is 74.4 cm³/mol. The van der Waals surface area contributed by atoms with Crippen LogP contribution in [0, 0.1) is 5.41 Å². The molecule has 2 rings (SSSR count). The van der Waals surface area contributed by atoms with Gasteiger partial charge in [0.25, 0.3) is 0 Å². The minimum Gasteiger partial charge on any atom is -0.481 e.